The zero-order valence-electron chi connectivity index (χ0n) is 14.4. The minimum absolute atomic E-state index is 0.0309. The van der Waals surface area contributed by atoms with Crippen LogP contribution in [0, 0.1) is 0 Å². The smallest absolute Gasteiger partial charge is 0.246 e. The number of carbonyl (C=O) groups is 1. The molecule has 0 spiro atoms. The lowest BCUT2D eigenvalue weighted by Gasteiger charge is -2.33. The highest BCUT2D eigenvalue weighted by Crippen LogP contribution is 2.32. The van der Waals surface area contributed by atoms with E-state index in [0.29, 0.717) is 18.8 Å². The van der Waals surface area contributed by atoms with Crippen molar-refractivity contribution in [2.24, 2.45) is 0 Å². The SMILES string of the molecule is Nc1c(Cl)cc(NC(=O)C(c2ccccc2)N2CCS(=O)(=O)CC2)cc1Cl. The van der Waals surface area contributed by atoms with E-state index in [9.17, 15) is 13.2 Å². The number of nitrogens with zero attached hydrogens (tertiary/aromatic N) is 1. The van der Waals surface area contributed by atoms with Gasteiger partial charge in [-0.3, -0.25) is 9.69 Å². The highest BCUT2D eigenvalue weighted by molar-refractivity contribution is 7.91. The molecule has 2 aromatic carbocycles. The number of nitrogens with one attached hydrogen (secondary N) is 1. The van der Waals surface area contributed by atoms with E-state index in [0.717, 1.165) is 5.56 Å². The number of sulfone groups is 1. The van der Waals surface area contributed by atoms with Crippen LogP contribution in [0.5, 0.6) is 0 Å². The third kappa shape index (κ3) is 4.73. The van der Waals surface area contributed by atoms with Gasteiger partial charge >= 0.3 is 0 Å². The van der Waals surface area contributed by atoms with Gasteiger partial charge in [0, 0.05) is 18.8 Å². The number of benzene rings is 2. The molecule has 1 aliphatic rings. The van der Waals surface area contributed by atoms with Crippen molar-refractivity contribution in [2.75, 3.05) is 35.6 Å². The van der Waals surface area contributed by atoms with Crippen LogP contribution in [0.4, 0.5) is 11.4 Å². The molecule has 2 aromatic rings. The Kier molecular flexibility index (Phi) is 5.95. The number of carbonyl (C=O) groups excluding carboxylic acids is 1. The van der Waals surface area contributed by atoms with Crippen LogP contribution in [-0.2, 0) is 14.6 Å². The average Bonchev–Trinajstić information content (AvgIpc) is 2.62. The summed E-state index contributed by atoms with van der Waals surface area (Å²) in [5, 5.41) is 3.31. The first-order valence-corrected chi connectivity index (χ1v) is 10.9. The molecule has 1 saturated heterocycles. The molecule has 144 valence electrons. The van der Waals surface area contributed by atoms with Crippen molar-refractivity contribution < 1.29 is 13.2 Å². The summed E-state index contributed by atoms with van der Waals surface area (Å²) in [6.45, 7) is 0.580. The predicted octanol–water partition coefficient (Wildman–Crippen LogP) is 2.99. The number of hydrogen-bond donors (Lipinski definition) is 2. The van der Waals surface area contributed by atoms with E-state index in [2.05, 4.69) is 5.32 Å². The van der Waals surface area contributed by atoms with E-state index in [-0.39, 0.29) is 33.1 Å². The van der Waals surface area contributed by atoms with Crippen molar-refractivity contribution in [2.45, 2.75) is 6.04 Å². The molecule has 3 rings (SSSR count). The van der Waals surface area contributed by atoms with Crippen molar-refractivity contribution in [3.63, 3.8) is 0 Å². The summed E-state index contributed by atoms with van der Waals surface area (Å²) in [5.41, 5.74) is 7.19. The molecule has 1 fully saturated rings. The van der Waals surface area contributed by atoms with Crippen LogP contribution in [0.25, 0.3) is 0 Å². The number of hydrogen-bond acceptors (Lipinski definition) is 5. The molecule has 3 N–H and O–H groups in total. The van der Waals surface area contributed by atoms with Gasteiger partial charge in [-0.1, -0.05) is 53.5 Å². The molecule has 0 radical (unpaired) electrons. The van der Waals surface area contributed by atoms with E-state index in [1.807, 2.05) is 35.2 Å². The fraction of sp³-hybridized carbons (Fsp3) is 0.278. The second kappa shape index (κ2) is 8.06. The lowest BCUT2D eigenvalue weighted by Crippen LogP contribution is -2.46. The van der Waals surface area contributed by atoms with E-state index >= 15 is 0 Å². The van der Waals surface area contributed by atoms with E-state index in [1.165, 1.54) is 12.1 Å². The van der Waals surface area contributed by atoms with Crippen LogP contribution >= 0.6 is 23.2 Å². The monoisotopic (exact) mass is 427 g/mol. The Morgan fingerprint density at radius 3 is 2.19 bits per heavy atom. The average molecular weight is 428 g/mol. The summed E-state index contributed by atoms with van der Waals surface area (Å²) < 4.78 is 23.5. The minimum Gasteiger partial charge on any atom is -0.396 e. The third-order valence-electron chi connectivity index (χ3n) is 4.45. The number of amides is 1. The summed E-state index contributed by atoms with van der Waals surface area (Å²) in [4.78, 5) is 14.9. The molecule has 0 aliphatic carbocycles. The zero-order valence-corrected chi connectivity index (χ0v) is 16.7. The van der Waals surface area contributed by atoms with E-state index < -0.39 is 15.9 Å². The van der Waals surface area contributed by atoms with Crippen molar-refractivity contribution >= 4 is 50.3 Å². The van der Waals surface area contributed by atoms with E-state index in [1.54, 1.807) is 0 Å². The number of nitrogens with two attached hydrogens (primary N) is 1. The van der Waals surface area contributed by atoms with Gasteiger partial charge in [0.15, 0.2) is 9.84 Å². The molecule has 6 nitrogen and oxygen atoms in total. The van der Waals surface area contributed by atoms with Crippen molar-refractivity contribution in [3.05, 3.63) is 58.1 Å². The molecule has 27 heavy (non-hydrogen) atoms. The Bertz CT molecular complexity index is 915. The van der Waals surface area contributed by atoms with Gasteiger partial charge in [0.25, 0.3) is 0 Å². The van der Waals surface area contributed by atoms with Crippen LogP contribution in [0.1, 0.15) is 11.6 Å². The van der Waals surface area contributed by atoms with Crippen LogP contribution in [0.15, 0.2) is 42.5 Å². The van der Waals surface area contributed by atoms with Gasteiger partial charge in [-0.05, 0) is 17.7 Å². The van der Waals surface area contributed by atoms with Crippen molar-refractivity contribution in [3.8, 4) is 0 Å². The van der Waals surface area contributed by atoms with E-state index in [4.69, 9.17) is 28.9 Å². The Labute approximate surface area is 168 Å². The van der Waals surface area contributed by atoms with Gasteiger partial charge < -0.3 is 11.1 Å². The molecule has 0 saturated carbocycles. The molecule has 1 aliphatic heterocycles. The van der Waals surface area contributed by atoms with Crippen molar-refractivity contribution in [1.29, 1.82) is 0 Å². The second-order valence-electron chi connectivity index (χ2n) is 6.34. The molecule has 1 atom stereocenters. The molecule has 0 bridgehead atoms. The first-order valence-electron chi connectivity index (χ1n) is 8.31. The van der Waals surface area contributed by atoms with Gasteiger partial charge in [-0.15, -0.1) is 0 Å². The lowest BCUT2D eigenvalue weighted by molar-refractivity contribution is -0.121. The topological polar surface area (TPSA) is 92.5 Å². The highest BCUT2D eigenvalue weighted by Gasteiger charge is 2.32. The van der Waals surface area contributed by atoms with Gasteiger partial charge in [0.05, 0.1) is 27.2 Å². The van der Waals surface area contributed by atoms with Gasteiger partial charge in [0.1, 0.15) is 6.04 Å². The second-order valence-corrected chi connectivity index (χ2v) is 9.46. The number of nitrogen functional groups attached to an aromatic ring is 1. The fourth-order valence-corrected chi connectivity index (χ4v) is 4.73. The summed E-state index contributed by atoms with van der Waals surface area (Å²) in [6, 6.07) is 11.7. The molecular formula is C18H19Cl2N3O3S. The summed E-state index contributed by atoms with van der Waals surface area (Å²) in [5.74, 6) is -0.232. The minimum atomic E-state index is -3.05. The first-order chi connectivity index (χ1) is 12.8. The third-order valence-corrected chi connectivity index (χ3v) is 6.69. The lowest BCUT2D eigenvalue weighted by atomic mass is 10.0. The Morgan fingerprint density at radius 2 is 1.63 bits per heavy atom. The van der Waals surface area contributed by atoms with Crippen molar-refractivity contribution in [1.82, 2.24) is 4.90 Å². The quantitative estimate of drug-likeness (QED) is 0.731. The van der Waals surface area contributed by atoms with Gasteiger partial charge in [-0.2, -0.15) is 0 Å². The van der Waals surface area contributed by atoms with Crippen LogP contribution in [0.3, 0.4) is 0 Å². The Hall–Kier alpha value is -1.80. The van der Waals surface area contributed by atoms with Crippen LogP contribution in [-0.4, -0.2) is 43.8 Å². The Morgan fingerprint density at radius 1 is 1.07 bits per heavy atom. The summed E-state index contributed by atoms with van der Waals surface area (Å²) in [7, 11) is -3.05. The van der Waals surface area contributed by atoms with Gasteiger partial charge in [0.2, 0.25) is 5.91 Å². The predicted molar refractivity (Wildman–Crippen MR) is 109 cm³/mol. The Balaban J connectivity index is 1.88. The molecule has 1 amide bonds. The maximum Gasteiger partial charge on any atom is 0.246 e. The summed E-state index contributed by atoms with van der Waals surface area (Å²) >= 11 is 12.1. The molecule has 1 unspecified atom stereocenters. The maximum absolute atomic E-state index is 13.1. The van der Waals surface area contributed by atoms with Gasteiger partial charge in [-0.25, -0.2) is 8.42 Å². The standard InChI is InChI=1S/C18H19Cl2N3O3S/c19-14-10-13(11-15(20)16(14)21)22-18(24)17(12-4-2-1-3-5-12)23-6-8-27(25,26)9-7-23/h1-5,10-11,17H,6-9,21H2,(H,22,24). The normalized spacial score (nSPS) is 18.0. The number of anilines is 2. The zero-order chi connectivity index (χ0) is 19.6. The highest BCUT2D eigenvalue weighted by atomic mass is 35.5. The molecular weight excluding hydrogens is 409 g/mol. The molecule has 1 heterocycles. The first kappa shape index (κ1) is 19.9. The van der Waals surface area contributed by atoms with Crippen LogP contribution in [0.2, 0.25) is 10.0 Å². The number of rotatable bonds is 4. The largest absolute Gasteiger partial charge is 0.396 e. The molecule has 9 heteroatoms. The maximum atomic E-state index is 13.1. The van der Waals surface area contributed by atoms with Crippen LogP contribution < -0.4 is 11.1 Å². The molecule has 0 aromatic heterocycles. The fourth-order valence-electron chi connectivity index (χ4n) is 3.02. The summed E-state index contributed by atoms with van der Waals surface area (Å²) in [6.07, 6.45) is 0. The number of halogens is 2.